The second kappa shape index (κ2) is 7.14. The summed E-state index contributed by atoms with van der Waals surface area (Å²) in [5.74, 6) is -0.185. The Labute approximate surface area is 152 Å². The average Bonchev–Trinajstić information content (AvgIpc) is 2.55. The molecule has 24 heavy (non-hydrogen) atoms. The molecule has 0 saturated carbocycles. The molecule has 3 rings (SSSR count). The zero-order valence-electron chi connectivity index (χ0n) is 12.9. The third kappa shape index (κ3) is 3.49. The molecule has 6 heteroatoms. The van der Waals surface area contributed by atoms with Crippen molar-refractivity contribution >= 4 is 45.1 Å². The lowest BCUT2D eigenvalue weighted by atomic mass is 10.1. The third-order valence-corrected chi connectivity index (χ3v) is 4.55. The quantitative estimate of drug-likeness (QED) is 0.618. The van der Waals surface area contributed by atoms with Crippen molar-refractivity contribution in [3.63, 3.8) is 0 Å². The lowest BCUT2D eigenvalue weighted by molar-refractivity contribution is 0.102. The van der Waals surface area contributed by atoms with E-state index in [1.165, 1.54) is 6.07 Å². The summed E-state index contributed by atoms with van der Waals surface area (Å²) in [5, 5.41) is 3.76. The molecule has 0 aliphatic rings. The molecule has 2 N–H and O–H groups in total. The van der Waals surface area contributed by atoms with Crippen LogP contribution >= 0.6 is 22.6 Å². The number of aromatic nitrogens is 1. The highest BCUT2D eigenvalue weighted by Crippen LogP contribution is 2.21. The molecule has 0 aliphatic heterocycles. The minimum Gasteiger partial charge on any atom is -0.380 e. The Morgan fingerprint density at radius 2 is 2.00 bits per heavy atom. The molecule has 1 amide bonds. The number of amides is 1. The van der Waals surface area contributed by atoms with Crippen LogP contribution in [-0.4, -0.2) is 18.0 Å². The van der Waals surface area contributed by atoms with Gasteiger partial charge in [-0.25, -0.2) is 0 Å². The third-order valence-electron chi connectivity index (χ3n) is 3.60. The van der Waals surface area contributed by atoms with Gasteiger partial charge in [0, 0.05) is 27.8 Å². The van der Waals surface area contributed by atoms with E-state index in [0.717, 1.165) is 14.5 Å². The summed E-state index contributed by atoms with van der Waals surface area (Å²) < 4.78 is 6.01. The summed E-state index contributed by atoms with van der Waals surface area (Å²) >= 11 is 2.13. The molecular formula is C18H15IN2O3. The lowest BCUT2D eigenvalue weighted by Crippen LogP contribution is -2.13. The van der Waals surface area contributed by atoms with Crippen LogP contribution in [0.15, 0.2) is 53.3 Å². The fourth-order valence-corrected chi connectivity index (χ4v) is 3.16. The van der Waals surface area contributed by atoms with Crippen LogP contribution in [0, 0.1) is 3.57 Å². The van der Waals surface area contributed by atoms with Crippen LogP contribution in [0.1, 0.15) is 15.9 Å². The zero-order chi connectivity index (χ0) is 17.1. The van der Waals surface area contributed by atoms with Gasteiger partial charge in [-0.3, -0.25) is 9.59 Å². The van der Waals surface area contributed by atoms with E-state index in [0.29, 0.717) is 23.4 Å². The van der Waals surface area contributed by atoms with Gasteiger partial charge in [0.05, 0.1) is 17.7 Å². The van der Waals surface area contributed by atoms with E-state index in [2.05, 4.69) is 32.9 Å². The minimum atomic E-state index is -0.198. The number of hydrogen-bond acceptors (Lipinski definition) is 3. The van der Waals surface area contributed by atoms with E-state index in [-0.39, 0.29) is 11.5 Å². The topological polar surface area (TPSA) is 71.2 Å². The average molecular weight is 434 g/mol. The van der Waals surface area contributed by atoms with Gasteiger partial charge in [-0.15, -0.1) is 0 Å². The first-order chi connectivity index (χ1) is 11.6. The van der Waals surface area contributed by atoms with Gasteiger partial charge in [-0.2, -0.15) is 0 Å². The molecule has 0 spiro atoms. The molecule has 5 nitrogen and oxygen atoms in total. The molecule has 0 unspecified atom stereocenters. The standard InChI is InChI=1S/C18H15IN2O3/c1-24-10-11-8-17(22)21-16-9-12(6-7-13(11)16)20-18(23)14-4-2-3-5-15(14)19/h2-9H,10H2,1H3,(H,20,23)(H,21,22). The Hall–Kier alpha value is -2.19. The fraction of sp³-hybridized carbons (Fsp3) is 0.111. The number of benzene rings is 2. The van der Waals surface area contributed by atoms with E-state index < -0.39 is 0 Å². The smallest absolute Gasteiger partial charge is 0.256 e. The van der Waals surface area contributed by atoms with Gasteiger partial charge in [-0.05, 0) is 52.4 Å². The predicted octanol–water partition coefficient (Wildman–Crippen LogP) is 3.53. The van der Waals surface area contributed by atoms with Crippen LogP contribution in [0.5, 0.6) is 0 Å². The van der Waals surface area contributed by atoms with Crippen molar-refractivity contribution in [3.05, 3.63) is 73.6 Å². The van der Waals surface area contributed by atoms with Gasteiger partial charge >= 0.3 is 0 Å². The van der Waals surface area contributed by atoms with Gasteiger partial charge in [-0.1, -0.05) is 18.2 Å². The molecule has 0 bridgehead atoms. The number of pyridine rings is 1. The number of fused-ring (bicyclic) bond motifs is 1. The molecule has 122 valence electrons. The number of methoxy groups -OCH3 is 1. The Bertz CT molecular complexity index is 966. The number of carbonyl (C=O) groups is 1. The highest BCUT2D eigenvalue weighted by molar-refractivity contribution is 14.1. The number of anilines is 1. The number of halogens is 1. The van der Waals surface area contributed by atoms with Crippen molar-refractivity contribution in [2.45, 2.75) is 6.61 Å². The maximum atomic E-state index is 12.4. The van der Waals surface area contributed by atoms with Gasteiger partial charge < -0.3 is 15.0 Å². The second-order valence-electron chi connectivity index (χ2n) is 5.29. The second-order valence-corrected chi connectivity index (χ2v) is 6.45. The van der Waals surface area contributed by atoms with Crippen LogP contribution in [0.3, 0.4) is 0 Å². The van der Waals surface area contributed by atoms with Crippen molar-refractivity contribution in [1.29, 1.82) is 0 Å². The summed E-state index contributed by atoms with van der Waals surface area (Å²) in [5.41, 5.74) is 2.51. The molecule has 1 aromatic heterocycles. The van der Waals surface area contributed by atoms with Crippen molar-refractivity contribution in [3.8, 4) is 0 Å². The van der Waals surface area contributed by atoms with Crippen molar-refractivity contribution in [2.75, 3.05) is 12.4 Å². The summed E-state index contributed by atoms with van der Waals surface area (Å²) in [6, 6.07) is 14.3. The summed E-state index contributed by atoms with van der Waals surface area (Å²) in [6.45, 7) is 0.355. The van der Waals surface area contributed by atoms with Gasteiger partial charge in [0.15, 0.2) is 0 Å². The zero-order valence-corrected chi connectivity index (χ0v) is 15.1. The van der Waals surface area contributed by atoms with Crippen molar-refractivity contribution in [1.82, 2.24) is 4.98 Å². The molecule has 0 radical (unpaired) electrons. The van der Waals surface area contributed by atoms with E-state index in [4.69, 9.17) is 4.74 Å². The largest absolute Gasteiger partial charge is 0.380 e. The minimum absolute atomic E-state index is 0.185. The number of carbonyl (C=O) groups excluding carboxylic acids is 1. The van der Waals surface area contributed by atoms with E-state index >= 15 is 0 Å². The monoisotopic (exact) mass is 434 g/mol. The van der Waals surface area contributed by atoms with Crippen LogP contribution < -0.4 is 10.9 Å². The van der Waals surface area contributed by atoms with Gasteiger partial charge in [0.1, 0.15) is 0 Å². The normalized spacial score (nSPS) is 10.8. The van der Waals surface area contributed by atoms with Crippen molar-refractivity contribution < 1.29 is 9.53 Å². The number of ether oxygens (including phenoxy) is 1. The molecule has 3 aromatic rings. The van der Waals surface area contributed by atoms with Crippen LogP contribution in [0.4, 0.5) is 5.69 Å². The Morgan fingerprint density at radius 3 is 2.75 bits per heavy atom. The molecule has 0 aliphatic carbocycles. The highest BCUT2D eigenvalue weighted by atomic mass is 127. The predicted molar refractivity (Wildman–Crippen MR) is 102 cm³/mol. The highest BCUT2D eigenvalue weighted by Gasteiger charge is 2.10. The maximum Gasteiger partial charge on any atom is 0.256 e. The van der Waals surface area contributed by atoms with Gasteiger partial charge in [0.25, 0.3) is 5.91 Å². The first-order valence-electron chi connectivity index (χ1n) is 7.29. The Morgan fingerprint density at radius 1 is 1.21 bits per heavy atom. The SMILES string of the molecule is COCc1cc(=O)[nH]c2cc(NC(=O)c3ccccc3I)ccc12. The first kappa shape index (κ1) is 16.7. The molecular weight excluding hydrogens is 419 g/mol. The lowest BCUT2D eigenvalue weighted by Gasteiger charge is -2.10. The fourth-order valence-electron chi connectivity index (χ4n) is 2.53. The van der Waals surface area contributed by atoms with Crippen LogP contribution in [-0.2, 0) is 11.3 Å². The van der Waals surface area contributed by atoms with Crippen LogP contribution in [0.25, 0.3) is 10.9 Å². The van der Waals surface area contributed by atoms with E-state index in [1.54, 1.807) is 19.2 Å². The molecule has 2 aromatic carbocycles. The number of H-pyrrole nitrogens is 1. The molecule has 1 heterocycles. The van der Waals surface area contributed by atoms with Crippen molar-refractivity contribution in [2.24, 2.45) is 0 Å². The maximum absolute atomic E-state index is 12.4. The Balaban J connectivity index is 1.95. The summed E-state index contributed by atoms with van der Waals surface area (Å²) in [6.07, 6.45) is 0. The first-order valence-corrected chi connectivity index (χ1v) is 8.37. The molecule has 0 atom stereocenters. The van der Waals surface area contributed by atoms with Crippen LogP contribution in [0.2, 0.25) is 0 Å². The summed E-state index contributed by atoms with van der Waals surface area (Å²) in [7, 11) is 1.59. The van der Waals surface area contributed by atoms with E-state index in [1.807, 2.05) is 30.3 Å². The Kier molecular flexibility index (Phi) is 4.96. The molecule has 0 fully saturated rings. The van der Waals surface area contributed by atoms with E-state index in [9.17, 15) is 9.59 Å². The number of aromatic amines is 1. The number of nitrogens with one attached hydrogen (secondary N) is 2. The molecule has 0 saturated heterocycles. The summed E-state index contributed by atoms with van der Waals surface area (Å²) in [4.78, 5) is 27.0. The van der Waals surface area contributed by atoms with Gasteiger partial charge in [0.2, 0.25) is 5.56 Å². The number of hydrogen-bond donors (Lipinski definition) is 2. The number of rotatable bonds is 4.